The minimum atomic E-state index is -0.260. The van der Waals surface area contributed by atoms with Crippen LogP contribution in [-0.2, 0) is 10.3 Å². The fourth-order valence-electron chi connectivity index (χ4n) is 2.91. The van der Waals surface area contributed by atoms with Gasteiger partial charge in [-0.05, 0) is 49.1 Å². The fourth-order valence-corrected chi connectivity index (χ4v) is 2.91. The highest BCUT2D eigenvalue weighted by Crippen LogP contribution is 2.45. The van der Waals surface area contributed by atoms with Crippen molar-refractivity contribution in [3.05, 3.63) is 35.4 Å². The first kappa shape index (κ1) is 13.0. The van der Waals surface area contributed by atoms with E-state index in [9.17, 15) is 4.79 Å². The van der Waals surface area contributed by atoms with E-state index in [0.29, 0.717) is 5.92 Å². The van der Waals surface area contributed by atoms with Gasteiger partial charge in [0.25, 0.3) is 0 Å². The van der Waals surface area contributed by atoms with Gasteiger partial charge in [-0.3, -0.25) is 0 Å². The molecule has 96 valence electrons. The van der Waals surface area contributed by atoms with Gasteiger partial charge in [0, 0.05) is 0 Å². The van der Waals surface area contributed by atoms with Crippen molar-refractivity contribution in [2.24, 2.45) is 4.99 Å². The summed E-state index contributed by atoms with van der Waals surface area (Å²) in [6, 6.07) is 8.64. The minimum Gasteiger partial charge on any atom is -0.211 e. The molecule has 1 aromatic carbocycles. The van der Waals surface area contributed by atoms with Gasteiger partial charge in [0.15, 0.2) is 0 Å². The molecule has 1 aliphatic rings. The van der Waals surface area contributed by atoms with Crippen molar-refractivity contribution >= 4 is 6.08 Å². The molecule has 1 aliphatic carbocycles. The van der Waals surface area contributed by atoms with Gasteiger partial charge in [-0.1, -0.05) is 38.1 Å². The zero-order valence-electron chi connectivity index (χ0n) is 11.3. The van der Waals surface area contributed by atoms with Crippen molar-refractivity contribution in [1.29, 1.82) is 0 Å². The van der Waals surface area contributed by atoms with Gasteiger partial charge >= 0.3 is 0 Å². The predicted octanol–water partition coefficient (Wildman–Crippen LogP) is 4.31. The third kappa shape index (κ3) is 2.26. The van der Waals surface area contributed by atoms with E-state index in [1.165, 1.54) is 11.1 Å². The molecule has 2 heteroatoms. The molecule has 0 N–H and O–H groups in total. The van der Waals surface area contributed by atoms with Crippen LogP contribution in [0.3, 0.4) is 0 Å². The molecule has 0 spiro atoms. The molecule has 2 rings (SSSR count). The van der Waals surface area contributed by atoms with Gasteiger partial charge in [-0.25, -0.2) is 4.79 Å². The molecule has 1 saturated carbocycles. The summed E-state index contributed by atoms with van der Waals surface area (Å²) in [5, 5.41) is 0. The molecule has 0 aliphatic heterocycles. The highest BCUT2D eigenvalue weighted by atomic mass is 16.1. The molecule has 0 bridgehead atoms. The van der Waals surface area contributed by atoms with Gasteiger partial charge in [0.1, 0.15) is 0 Å². The Labute approximate surface area is 109 Å². The van der Waals surface area contributed by atoms with Gasteiger partial charge in [0.2, 0.25) is 6.08 Å². The van der Waals surface area contributed by atoms with E-state index < -0.39 is 0 Å². The van der Waals surface area contributed by atoms with Crippen molar-refractivity contribution in [3.63, 3.8) is 0 Å². The Kier molecular flexibility index (Phi) is 3.98. The molecular weight excluding hydrogens is 222 g/mol. The standard InChI is InChI=1S/C16H21NO/c1-3-13(4-2)14-7-5-8-15(11-14)16(17-12-18)9-6-10-16/h5,7-8,11,13H,3-4,6,9-10H2,1-2H3. The third-order valence-corrected chi connectivity index (χ3v) is 4.32. The van der Waals surface area contributed by atoms with E-state index in [0.717, 1.165) is 32.1 Å². The maximum Gasteiger partial charge on any atom is 0.235 e. The van der Waals surface area contributed by atoms with E-state index >= 15 is 0 Å². The Morgan fingerprint density at radius 3 is 2.56 bits per heavy atom. The number of rotatable bonds is 5. The number of carbonyl (C=O) groups excluding carboxylic acids is 1. The fraction of sp³-hybridized carbons (Fsp3) is 0.562. The summed E-state index contributed by atoms with van der Waals surface area (Å²) in [5.74, 6) is 0.613. The second kappa shape index (κ2) is 5.49. The van der Waals surface area contributed by atoms with E-state index in [-0.39, 0.29) is 5.54 Å². The topological polar surface area (TPSA) is 29.4 Å². The van der Waals surface area contributed by atoms with Gasteiger partial charge < -0.3 is 0 Å². The van der Waals surface area contributed by atoms with Crippen molar-refractivity contribution in [2.75, 3.05) is 0 Å². The van der Waals surface area contributed by atoms with Crippen LogP contribution in [0.1, 0.15) is 63.0 Å². The maximum atomic E-state index is 10.6. The van der Waals surface area contributed by atoms with Crippen LogP contribution in [0.2, 0.25) is 0 Å². The smallest absolute Gasteiger partial charge is 0.211 e. The van der Waals surface area contributed by atoms with Crippen LogP contribution < -0.4 is 0 Å². The van der Waals surface area contributed by atoms with Crippen molar-refractivity contribution < 1.29 is 4.79 Å². The normalized spacial score (nSPS) is 17.1. The quantitative estimate of drug-likeness (QED) is 0.560. The van der Waals surface area contributed by atoms with Crippen LogP contribution in [-0.4, -0.2) is 6.08 Å². The lowest BCUT2D eigenvalue weighted by atomic mass is 9.71. The number of hydrogen-bond acceptors (Lipinski definition) is 2. The molecular formula is C16H21NO. The Hall–Kier alpha value is -1.40. The zero-order valence-corrected chi connectivity index (χ0v) is 11.3. The van der Waals surface area contributed by atoms with Crippen LogP contribution in [0.25, 0.3) is 0 Å². The Balaban J connectivity index is 2.34. The summed E-state index contributed by atoms with van der Waals surface area (Å²) in [6.07, 6.45) is 7.19. The first-order valence-corrected chi connectivity index (χ1v) is 6.95. The third-order valence-electron chi connectivity index (χ3n) is 4.32. The molecule has 0 heterocycles. The number of aliphatic imine (C=N–C) groups is 1. The van der Waals surface area contributed by atoms with Crippen LogP contribution >= 0.6 is 0 Å². The number of hydrogen-bond donors (Lipinski definition) is 0. The summed E-state index contributed by atoms with van der Waals surface area (Å²) in [4.78, 5) is 14.7. The highest BCUT2D eigenvalue weighted by molar-refractivity contribution is 5.41. The summed E-state index contributed by atoms with van der Waals surface area (Å²) < 4.78 is 0. The zero-order chi connectivity index (χ0) is 13.0. The molecule has 1 fully saturated rings. The Bertz CT molecular complexity index is 452. The van der Waals surface area contributed by atoms with E-state index in [4.69, 9.17) is 0 Å². The SMILES string of the molecule is CCC(CC)c1cccc(C2(N=C=O)CCC2)c1. The molecule has 0 atom stereocenters. The molecule has 2 nitrogen and oxygen atoms in total. The van der Waals surface area contributed by atoms with E-state index in [1.807, 2.05) is 0 Å². The summed E-state index contributed by atoms with van der Waals surface area (Å²) >= 11 is 0. The lowest BCUT2D eigenvalue weighted by molar-refractivity contribution is 0.255. The first-order valence-electron chi connectivity index (χ1n) is 6.95. The number of benzene rings is 1. The predicted molar refractivity (Wildman–Crippen MR) is 73.4 cm³/mol. The van der Waals surface area contributed by atoms with Gasteiger partial charge in [-0.15, -0.1) is 0 Å². The van der Waals surface area contributed by atoms with Gasteiger partial charge in [-0.2, -0.15) is 4.99 Å². The average Bonchev–Trinajstić information content (AvgIpc) is 2.36. The molecule has 0 aromatic heterocycles. The summed E-state index contributed by atoms with van der Waals surface area (Å²) in [6.45, 7) is 4.45. The lowest BCUT2D eigenvalue weighted by Gasteiger charge is -2.37. The minimum absolute atomic E-state index is 0.260. The largest absolute Gasteiger partial charge is 0.235 e. The van der Waals surface area contributed by atoms with E-state index in [2.05, 4.69) is 43.1 Å². The van der Waals surface area contributed by atoms with Crippen LogP contribution in [0.15, 0.2) is 29.3 Å². The molecule has 0 unspecified atom stereocenters. The lowest BCUT2D eigenvalue weighted by Crippen LogP contribution is -2.32. The molecule has 0 radical (unpaired) electrons. The average molecular weight is 243 g/mol. The van der Waals surface area contributed by atoms with Crippen molar-refractivity contribution in [1.82, 2.24) is 0 Å². The Morgan fingerprint density at radius 2 is 2.06 bits per heavy atom. The van der Waals surface area contributed by atoms with Crippen molar-refractivity contribution in [2.45, 2.75) is 57.4 Å². The maximum absolute atomic E-state index is 10.6. The number of nitrogens with zero attached hydrogens (tertiary/aromatic N) is 1. The summed E-state index contributed by atoms with van der Waals surface area (Å²) in [7, 11) is 0. The second-order valence-corrected chi connectivity index (χ2v) is 5.23. The first-order chi connectivity index (χ1) is 8.75. The second-order valence-electron chi connectivity index (χ2n) is 5.23. The molecule has 0 saturated heterocycles. The van der Waals surface area contributed by atoms with Crippen LogP contribution in [0, 0.1) is 0 Å². The monoisotopic (exact) mass is 243 g/mol. The summed E-state index contributed by atoms with van der Waals surface area (Å²) in [5.41, 5.74) is 2.32. The van der Waals surface area contributed by atoms with Crippen LogP contribution in [0.5, 0.6) is 0 Å². The molecule has 0 amide bonds. The molecule has 1 aromatic rings. The van der Waals surface area contributed by atoms with Gasteiger partial charge in [0.05, 0.1) is 5.54 Å². The van der Waals surface area contributed by atoms with E-state index in [1.54, 1.807) is 6.08 Å². The molecule has 18 heavy (non-hydrogen) atoms. The highest BCUT2D eigenvalue weighted by Gasteiger charge is 2.38. The van der Waals surface area contributed by atoms with Crippen molar-refractivity contribution in [3.8, 4) is 0 Å². The Morgan fingerprint density at radius 1 is 1.33 bits per heavy atom. The number of isocyanates is 1. The van der Waals surface area contributed by atoms with Crippen LogP contribution in [0.4, 0.5) is 0 Å².